The summed E-state index contributed by atoms with van der Waals surface area (Å²) in [7, 11) is 6.27. The predicted octanol–water partition coefficient (Wildman–Crippen LogP) is 3.05. The van der Waals surface area contributed by atoms with Crippen molar-refractivity contribution in [1.29, 1.82) is 0 Å². The van der Waals surface area contributed by atoms with Gasteiger partial charge in [0, 0.05) is 12.6 Å². The smallest absolute Gasteiger partial charge is 0.244 e. The third kappa shape index (κ3) is 4.92. The van der Waals surface area contributed by atoms with E-state index in [0.29, 0.717) is 23.8 Å². The van der Waals surface area contributed by atoms with Gasteiger partial charge in [0.15, 0.2) is 11.5 Å². The molecule has 6 nitrogen and oxygen atoms in total. The van der Waals surface area contributed by atoms with E-state index in [1.165, 1.54) is 6.08 Å². The van der Waals surface area contributed by atoms with E-state index < -0.39 is 0 Å². The molecule has 0 fully saturated rings. The highest BCUT2D eigenvalue weighted by Gasteiger charge is 2.13. The lowest BCUT2D eigenvalue weighted by atomic mass is 10.1. The van der Waals surface area contributed by atoms with Crippen LogP contribution in [0.5, 0.6) is 23.0 Å². The highest BCUT2D eigenvalue weighted by Crippen LogP contribution is 2.38. The molecule has 0 aliphatic rings. The average molecular weight is 357 g/mol. The van der Waals surface area contributed by atoms with Crippen molar-refractivity contribution < 1.29 is 23.7 Å². The third-order valence-electron chi connectivity index (χ3n) is 3.73. The van der Waals surface area contributed by atoms with Gasteiger partial charge in [-0.1, -0.05) is 12.1 Å². The summed E-state index contributed by atoms with van der Waals surface area (Å²) < 4.78 is 21.0. The number of amides is 1. The molecular weight excluding hydrogens is 334 g/mol. The van der Waals surface area contributed by atoms with E-state index in [1.54, 1.807) is 46.6 Å². The van der Waals surface area contributed by atoms with E-state index in [0.717, 1.165) is 16.9 Å². The molecule has 0 atom stereocenters. The van der Waals surface area contributed by atoms with Gasteiger partial charge in [0.25, 0.3) is 0 Å². The first-order valence-electron chi connectivity index (χ1n) is 8.00. The lowest BCUT2D eigenvalue weighted by Gasteiger charge is -2.14. The number of carbonyl (C=O) groups is 1. The van der Waals surface area contributed by atoms with Crippen LogP contribution in [0.2, 0.25) is 0 Å². The largest absolute Gasteiger partial charge is 0.497 e. The first-order valence-corrected chi connectivity index (χ1v) is 8.00. The van der Waals surface area contributed by atoms with Crippen molar-refractivity contribution >= 4 is 12.0 Å². The van der Waals surface area contributed by atoms with Crippen molar-refractivity contribution in [1.82, 2.24) is 5.32 Å². The molecule has 0 radical (unpaired) electrons. The fraction of sp³-hybridized carbons (Fsp3) is 0.250. The number of rotatable bonds is 8. The third-order valence-corrected chi connectivity index (χ3v) is 3.73. The predicted molar refractivity (Wildman–Crippen MR) is 100.0 cm³/mol. The fourth-order valence-corrected chi connectivity index (χ4v) is 2.37. The van der Waals surface area contributed by atoms with Crippen LogP contribution in [0.25, 0.3) is 6.08 Å². The monoisotopic (exact) mass is 357 g/mol. The maximum absolute atomic E-state index is 12.0. The maximum atomic E-state index is 12.0. The number of benzene rings is 2. The lowest BCUT2D eigenvalue weighted by molar-refractivity contribution is -0.116. The number of carbonyl (C=O) groups excluding carboxylic acids is 1. The van der Waals surface area contributed by atoms with Gasteiger partial charge < -0.3 is 24.3 Å². The maximum Gasteiger partial charge on any atom is 0.244 e. The van der Waals surface area contributed by atoms with Crippen LogP contribution in [0.4, 0.5) is 0 Å². The minimum absolute atomic E-state index is 0.199. The van der Waals surface area contributed by atoms with Gasteiger partial charge in [-0.3, -0.25) is 4.79 Å². The second-order valence-electron chi connectivity index (χ2n) is 5.36. The Balaban J connectivity index is 2.01. The number of hydrogen-bond acceptors (Lipinski definition) is 5. The van der Waals surface area contributed by atoms with E-state index in [4.69, 9.17) is 18.9 Å². The standard InChI is InChI=1S/C20H23NO5/c1-23-16-8-5-14(6-9-16)7-10-19(22)21-13-15-11-17(24-2)20(26-4)18(12-15)25-3/h5-12H,13H2,1-4H3,(H,21,22)/b10-7+. The SMILES string of the molecule is COc1ccc(/C=C/C(=O)NCc2cc(OC)c(OC)c(OC)c2)cc1. The lowest BCUT2D eigenvalue weighted by Crippen LogP contribution is -2.20. The minimum Gasteiger partial charge on any atom is -0.497 e. The summed E-state index contributed by atoms with van der Waals surface area (Å²) in [6.07, 6.45) is 3.23. The molecule has 6 heteroatoms. The molecular formula is C20H23NO5. The van der Waals surface area contributed by atoms with Gasteiger partial charge in [0.1, 0.15) is 5.75 Å². The van der Waals surface area contributed by atoms with Gasteiger partial charge in [-0.2, -0.15) is 0 Å². The highest BCUT2D eigenvalue weighted by molar-refractivity contribution is 5.91. The van der Waals surface area contributed by atoms with Crippen LogP contribution < -0.4 is 24.3 Å². The molecule has 2 aromatic rings. The first-order chi connectivity index (χ1) is 12.6. The molecule has 2 rings (SSSR count). The molecule has 138 valence electrons. The Morgan fingerprint density at radius 2 is 1.54 bits per heavy atom. The zero-order valence-electron chi connectivity index (χ0n) is 15.4. The molecule has 0 bridgehead atoms. The van der Waals surface area contributed by atoms with Crippen LogP contribution in [-0.2, 0) is 11.3 Å². The van der Waals surface area contributed by atoms with Crippen molar-refractivity contribution in [3.63, 3.8) is 0 Å². The quantitative estimate of drug-likeness (QED) is 0.736. The van der Waals surface area contributed by atoms with Crippen molar-refractivity contribution in [2.75, 3.05) is 28.4 Å². The number of nitrogens with one attached hydrogen (secondary N) is 1. The van der Waals surface area contributed by atoms with Crippen LogP contribution in [0.1, 0.15) is 11.1 Å². The molecule has 0 heterocycles. The van der Waals surface area contributed by atoms with Crippen molar-refractivity contribution in [2.45, 2.75) is 6.54 Å². The van der Waals surface area contributed by atoms with Gasteiger partial charge >= 0.3 is 0 Å². The highest BCUT2D eigenvalue weighted by atomic mass is 16.5. The Labute approximate surface area is 153 Å². The summed E-state index contributed by atoms with van der Waals surface area (Å²) in [5.41, 5.74) is 1.75. The summed E-state index contributed by atoms with van der Waals surface area (Å²) in [4.78, 5) is 12.0. The molecule has 0 aliphatic carbocycles. The molecule has 0 aromatic heterocycles. The second-order valence-corrected chi connectivity index (χ2v) is 5.36. The Morgan fingerprint density at radius 1 is 0.923 bits per heavy atom. The number of ether oxygens (including phenoxy) is 4. The average Bonchev–Trinajstić information content (AvgIpc) is 2.69. The van der Waals surface area contributed by atoms with E-state index in [1.807, 2.05) is 24.3 Å². The van der Waals surface area contributed by atoms with E-state index in [9.17, 15) is 4.79 Å². The van der Waals surface area contributed by atoms with Gasteiger partial charge in [0.05, 0.1) is 28.4 Å². The van der Waals surface area contributed by atoms with Crippen LogP contribution in [-0.4, -0.2) is 34.3 Å². The van der Waals surface area contributed by atoms with Crippen molar-refractivity contribution in [3.8, 4) is 23.0 Å². The Bertz CT molecular complexity index is 743. The van der Waals surface area contributed by atoms with E-state index >= 15 is 0 Å². The van der Waals surface area contributed by atoms with E-state index in [-0.39, 0.29) is 5.91 Å². The molecule has 0 spiro atoms. The summed E-state index contributed by atoms with van der Waals surface area (Å²) in [6.45, 7) is 0.336. The topological polar surface area (TPSA) is 66.0 Å². The van der Waals surface area contributed by atoms with Crippen LogP contribution >= 0.6 is 0 Å². The van der Waals surface area contributed by atoms with Gasteiger partial charge in [-0.05, 0) is 41.5 Å². The summed E-state index contributed by atoms with van der Waals surface area (Å²) >= 11 is 0. The second kappa shape index (κ2) is 9.36. The van der Waals surface area contributed by atoms with E-state index in [2.05, 4.69) is 5.32 Å². The zero-order valence-corrected chi connectivity index (χ0v) is 15.4. The Morgan fingerprint density at radius 3 is 2.04 bits per heavy atom. The van der Waals surface area contributed by atoms with Gasteiger partial charge in [-0.25, -0.2) is 0 Å². The minimum atomic E-state index is -0.199. The molecule has 0 saturated heterocycles. The Kier molecular flexibility index (Phi) is 6.91. The van der Waals surface area contributed by atoms with Crippen molar-refractivity contribution in [3.05, 3.63) is 53.6 Å². The van der Waals surface area contributed by atoms with Crippen LogP contribution in [0.15, 0.2) is 42.5 Å². The van der Waals surface area contributed by atoms with Crippen LogP contribution in [0.3, 0.4) is 0 Å². The summed E-state index contributed by atoms with van der Waals surface area (Å²) in [6, 6.07) is 11.0. The molecule has 0 unspecified atom stereocenters. The summed E-state index contributed by atoms with van der Waals surface area (Å²) in [5, 5.41) is 2.83. The zero-order chi connectivity index (χ0) is 18.9. The molecule has 0 aliphatic heterocycles. The molecule has 1 N–H and O–H groups in total. The normalized spacial score (nSPS) is 10.5. The number of methoxy groups -OCH3 is 4. The molecule has 2 aromatic carbocycles. The van der Waals surface area contributed by atoms with Crippen molar-refractivity contribution in [2.24, 2.45) is 0 Å². The molecule has 1 amide bonds. The molecule has 0 saturated carbocycles. The first kappa shape index (κ1) is 19.2. The van der Waals surface area contributed by atoms with Gasteiger partial charge in [0.2, 0.25) is 11.7 Å². The summed E-state index contributed by atoms with van der Waals surface area (Å²) in [5.74, 6) is 2.18. The number of hydrogen-bond donors (Lipinski definition) is 1. The fourth-order valence-electron chi connectivity index (χ4n) is 2.37. The Hall–Kier alpha value is -3.15. The van der Waals surface area contributed by atoms with Gasteiger partial charge in [-0.15, -0.1) is 0 Å². The molecule has 26 heavy (non-hydrogen) atoms. The van der Waals surface area contributed by atoms with Crippen LogP contribution in [0, 0.1) is 0 Å².